The van der Waals surface area contributed by atoms with Crippen molar-refractivity contribution in [3.8, 4) is 5.75 Å². The Bertz CT molecular complexity index is 551. The lowest BCUT2D eigenvalue weighted by Gasteiger charge is -2.18. The molecule has 0 fully saturated rings. The van der Waals surface area contributed by atoms with E-state index in [0.29, 0.717) is 11.3 Å². The summed E-state index contributed by atoms with van der Waals surface area (Å²) >= 11 is 0. The van der Waals surface area contributed by atoms with Gasteiger partial charge in [-0.2, -0.15) is 0 Å². The van der Waals surface area contributed by atoms with Crippen LogP contribution in [0.1, 0.15) is 29.9 Å². The third-order valence-electron chi connectivity index (χ3n) is 3.01. The zero-order valence-corrected chi connectivity index (χ0v) is 11.4. The van der Waals surface area contributed by atoms with Crippen LogP contribution in [0, 0.1) is 12.7 Å². The van der Waals surface area contributed by atoms with Crippen molar-refractivity contribution >= 4 is 0 Å². The molecule has 0 aliphatic heterocycles. The van der Waals surface area contributed by atoms with Gasteiger partial charge in [0, 0.05) is 17.2 Å². The molecule has 0 aliphatic rings. The smallest absolute Gasteiger partial charge is 0.132 e. The molecule has 0 bridgehead atoms. The summed E-state index contributed by atoms with van der Waals surface area (Å²) in [7, 11) is 1.52. The van der Waals surface area contributed by atoms with Crippen molar-refractivity contribution in [2.45, 2.75) is 19.9 Å². The fourth-order valence-electron chi connectivity index (χ4n) is 2.10. The Kier molecular flexibility index (Phi) is 4.22. The summed E-state index contributed by atoms with van der Waals surface area (Å²) in [6, 6.07) is 6.59. The van der Waals surface area contributed by atoms with E-state index in [0.717, 1.165) is 17.9 Å². The number of hydrogen-bond acceptors (Lipinski definition) is 3. The molecule has 1 unspecified atom stereocenters. The summed E-state index contributed by atoms with van der Waals surface area (Å²) < 4.78 is 24.5. The Morgan fingerprint density at radius 3 is 2.68 bits per heavy atom. The van der Waals surface area contributed by atoms with Crippen molar-refractivity contribution in [3.63, 3.8) is 0 Å². The average Bonchev–Trinajstić information content (AvgIpc) is 2.83. The van der Waals surface area contributed by atoms with E-state index < -0.39 is 0 Å². The molecule has 2 aromatic rings. The van der Waals surface area contributed by atoms with Gasteiger partial charge in [-0.15, -0.1) is 0 Å². The lowest BCUT2D eigenvalue weighted by atomic mass is 10.00. The van der Waals surface area contributed by atoms with E-state index in [1.807, 2.05) is 19.9 Å². The van der Waals surface area contributed by atoms with Gasteiger partial charge in [0.1, 0.15) is 17.3 Å². The predicted octanol–water partition coefficient (Wildman–Crippen LogP) is 3.43. The molecule has 0 amide bonds. The van der Waals surface area contributed by atoms with Crippen molar-refractivity contribution in [1.82, 2.24) is 5.32 Å². The average molecular weight is 263 g/mol. The number of benzene rings is 1. The van der Waals surface area contributed by atoms with Crippen LogP contribution in [0.2, 0.25) is 0 Å². The fraction of sp³-hybridized carbons (Fsp3) is 0.333. The van der Waals surface area contributed by atoms with E-state index in [1.54, 1.807) is 18.4 Å². The van der Waals surface area contributed by atoms with Gasteiger partial charge in [0.05, 0.1) is 19.4 Å². The lowest BCUT2D eigenvalue weighted by molar-refractivity contribution is 0.410. The molecule has 1 atom stereocenters. The van der Waals surface area contributed by atoms with Gasteiger partial charge in [-0.25, -0.2) is 4.39 Å². The molecule has 0 aliphatic carbocycles. The van der Waals surface area contributed by atoms with Crippen LogP contribution < -0.4 is 10.1 Å². The molecule has 0 radical (unpaired) electrons. The van der Waals surface area contributed by atoms with Crippen LogP contribution >= 0.6 is 0 Å². The molecule has 2 rings (SSSR count). The lowest BCUT2D eigenvalue weighted by Crippen LogP contribution is -2.22. The van der Waals surface area contributed by atoms with E-state index in [2.05, 4.69) is 5.32 Å². The maximum absolute atomic E-state index is 14.2. The van der Waals surface area contributed by atoms with Crippen LogP contribution in [-0.4, -0.2) is 13.7 Å². The fourth-order valence-corrected chi connectivity index (χ4v) is 2.10. The minimum absolute atomic E-state index is 0.214. The first-order chi connectivity index (χ1) is 9.15. The second-order valence-electron chi connectivity index (χ2n) is 4.37. The number of furan rings is 1. The van der Waals surface area contributed by atoms with Crippen molar-refractivity contribution in [2.75, 3.05) is 13.7 Å². The minimum atomic E-state index is -0.288. The topological polar surface area (TPSA) is 34.4 Å². The quantitative estimate of drug-likeness (QED) is 0.897. The van der Waals surface area contributed by atoms with E-state index >= 15 is 0 Å². The Hall–Kier alpha value is -1.81. The molecule has 0 saturated heterocycles. The maximum atomic E-state index is 14.2. The molecule has 19 heavy (non-hydrogen) atoms. The van der Waals surface area contributed by atoms with Crippen LogP contribution in [0.25, 0.3) is 0 Å². The largest absolute Gasteiger partial charge is 0.497 e. The van der Waals surface area contributed by atoms with Crippen molar-refractivity contribution in [1.29, 1.82) is 0 Å². The Morgan fingerprint density at radius 1 is 1.37 bits per heavy atom. The zero-order chi connectivity index (χ0) is 13.8. The zero-order valence-electron chi connectivity index (χ0n) is 11.4. The molecule has 1 N–H and O–H groups in total. The van der Waals surface area contributed by atoms with Gasteiger partial charge in [0.2, 0.25) is 0 Å². The first-order valence-electron chi connectivity index (χ1n) is 6.27. The minimum Gasteiger partial charge on any atom is -0.497 e. The summed E-state index contributed by atoms with van der Waals surface area (Å²) in [6.07, 6.45) is 1.66. The van der Waals surface area contributed by atoms with Crippen molar-refractivity contribution < 1.29 is 13.5 Å². The Balaban J connectivity index is 2.39. The molecule has 1 aromatic carbocycles. The van der Waals surface area contributed by atoms with E-state index in [4.69, 9.17) is 9.15 Å². The van der Waals surface area contributed by atoms with E-state index in [-0.39, 0.29) is 11.9 Å². The molecular formula is C15H18FNO2. The second-order valence-corrected chi connectivity index (χ2v) is 4.37. The molecule has 0 spiro atoms. The Labute approximate surface area is 112 Å². The normalized spacial score (nSPS) is 12.4. The van der Waals surface area contributed by atoms with Gasteiger partial charge in [-0.3, -0.25) is 0 Å². The number of hydrogen-bond donors (Lipinski definition) is 1. The highest BCUT2D eigenvalue weighted by Gasteiger charge is 2.19. The summed E-state index contributed by atoms with van der Waals surface area (Å²) in [5, 5.41) is 3.27. The van der Waals surface area contributed by atoms with Gasteiger partial charge < -0.3 is 14.5 Å². The molecule has 0 saturated carbocycles. The highest BCUT2D eigenvalue weighted by Crippen LogP contribution is 2.28. The van der Waals surface area contributed by atoms with Crippen LogP contribution in [0.3, 0.4) is 0 Å². The van der Waals surface area contributed by atoms with E-state index in [9.17, 15) is 4.39 Å². The number of aryl methyl sites for hydroxylation is 1. The van der Waals surface area contributed by atoms with Gasteiger partial charge in [0.25, 0.3) is 0 Å². The number of halogens is 1. The third-order valence-corrected chi connectivity index (χ3v) is 3.01. The van der Waals surface area contributed by atoms with Crippen LogP contribution in [0.15, 0.2) is 34.9 Å². The van der Waals surface area contributed by atoms with Crippen LogP contribution in [0.5, 0.6) is 5.75 Å². The van der Waals surface area contributed by atoms with Gasteiger partial charge in [-0.1, -0.05) is 13.0 Å². The molecule has 1 heterocycles. The van der Waals surface area contributed by atoms with Gasteiger partial charge in [-0.05, 0) is 25.6 Å². The third kappa shape index (κ3) is 2.96. The maximum Gasteiger partial charge on any atom is 0.132 e. The summed E-state index contributed by atoms with van der Waals surface area (Å²) in [5.74, 6) is 1.04. The highest BCUT2D eigenvalue weighted by atomic mass is 19.1. The van der Waals surface area contributed by atoms with Gasteiger partial charge in [0.15, 0.2) is 0 Å². The van der Waals surface area contributed by atoms with E-state index in [1.165, 1.54) is 13.2 Å². The standard InChI is InChI=1S/C15H18FNO2/c1-4-17-15(11-7-10(2)19-9-11)13-6-5-12(18-3)8-14(13)16/h5-9,15,17H,4H2,1-3H3. The molecular weight excluding hydrogens is 245 g/mol. The summed E-state index contributed by atoms with van der Waals surface area (Å²) in [4.78, 5) is 0. The number of ether oxygens (including phenoxy) is 1. The predicted molar refractivity (Wildman–Crippen MR) is 71.9 cm³/mol. The van der Waals surface area contributed by atoms with Crippen molar-refractivity contribution in [3.05, 3.63) is 53.2 Å². The number of nitrogens with one attached hydrogen (secondary N) is 1. The number of methoxy groups -OCH3 is 1. The van der Waals surface area contributed by atoms with Crippen LogP contribution in [0.4, 0.5) is 4.39 Å². The SMILES string of the molecule is CCNC(c1coc(C)c1)c1ccc(OC)cc1F. The Morgan fingerprint density at radius 2 is 2.16 bits per heavy atom. The first kappa shape index (κ1) is 13.6. The molecule has 4 heteroatoms. The molecule has 1 aromatic heterocycles. The van der Waals surface area contributed by atoms with Crippen LogP contribution in [-0.2, 0) is 0 Å². The first-order valence-corrected chi connectivity index (χ1v) is 6.27. The second kappa shape index (κ2) is 5.89. The molecule has 102 valence electrons. The highest BCUT2D eigenvalue weighted by molar-refractivity contribution is 5.36. The van der Waals surface area contributed by atoms with Crippen molar-refractivity contribution in [2.24, 2.45) is 0 Å². The summed E-state index contributed by atoms with van der Waals surface area (Å²) in [5.41, 5.74) is 1.51. The molecule has 3 nitrogen and oxygen atoms in total. The number of rotatable bonds is 5. The van der Waals surface area contributed by atoms with Gasteiger partial charge >= 0.3 is 0 Å². The monoisotopic (exact) mass is 263 g/mol. The summed E-state index contributed by atoms with van der Waals surface area (Å²) in [6.45, 7) is 4.60.